The third kappa shape index (κ3) is 4.07. The zero-order valence-corrected chi connectivity index (χ0v) is 14.8. The van der Waals surface area contributed by atoms with Crippen LogP contribution < -0.4 is 0 Å². The van der Waals surface area contributed by atoms with E-state index < -0.39 is 0 Å². The molecule has 0 unspecified atom stereocenters. The SMILES string of the molecule is CC(C)(C)C1CCC(CO)(Cc2ccc(F)cc2Br)CC1. The molecular formula is C18H26BrFO. The molecule has 1 aromatic rings. The number of rotatable bonds is 3. The molecule has 0 spiro atoms. The molecule has 0 amide bonds. The van der Waals surface area contributed by atoms with Crippen molar-refractivity contribution < 1.29 is 9.50 Å². The molecule has 21 heavy (non-hydrogen) atoms. The molecule has 1 nitrogen and oxygen atoms in total. The van der Waals surface area contributed by atoms with Gasteiger partial charge in [0.2, 0.25) is 0 Å². The van der Waals surface area contributed by atoms with Gasteiger partial charge in [-0.05, 0) is 66.5 Å². The second-order valence-corrected chi connectivity index (χ2v) is 8.57. The molecule has 1 N–H and O–H groups in total. The third-order valence-corrected chi connectivity index (χ3v) is 5.93. The van der Waals surface area contributed by atoms with Crippen molar-refractivity contribution in [1.29, 1.82) is 0 Å². The van der Waals surface area contributed by atoms with Crippen LogP contribution in [0.2, 0.25) is 0 Å². The summed E-state index contributed by atoms with van der Waals surface area (Å²) in [6.07, 6.45) is 5.26. The van der Waals surface area contributed by atoms with E-state index in [9.17, 15) is 9.50 Å². The predicted octanol–water partition coefficient (Wildman–Crippen LogP) is 5.35. The average Bonchev–Trinajstić information content (AvgIpc) is 2.41. The van der Waals surface area contributed by atoms with Crippen LogP contribution in [0, 0.1) is 22.6 Å². The molecule has 1 aliphatic rings. The molecule has 118 valence electrons. The average molecular weight is 357 g/mol. The first kappa shape index (κ1) is 17.0. The Bertz CT molecular complexity index is 484. The number of halogens is 2. The van der Waals surface area contributed by atoms with Crippen LogP contribution in [0.1, 0.15) is 52.0 Å². The summed E-state index contributed by atoms with van der Waals surface area (Å²) in [5.74, 6) is 0.508. The Kier molecular flexibility index (Phi) is 5.15. The van der Waals surface area contributed by atoms with Crippen LogP contribution in [-0.4, -0.2) is 11.7 Å². The second-order valence-electron chi connectivity index (χ2n) is 7.71. The minimum atomic E-state index is -0.222. The van der Waals surface area contributed by atoms with Crippen LogP contribution in [0.4, 0.5) is 4.39 Å². The predicted molar refractivity (Wildman–Crippen MR) is 88.7 cm³/mol. The summed E-state index contributed by atoms with van der Waals surface area (Å²) in [6, 6.07) is 4.86. The van der Waals surface area contributed by atoms with Crippen molar-refractivity contribution in [2.24, 2.45) is 16.7 Å². The largest absolute Gasteiger partial charge is 0.396 e. The molecule has 1 saturated carbocycles. The summed E-state index contributed by atoms with van der Waals surface area (Å²) in [4.78, 5) is 0. The van der Waals surface area contributed by atoms with E-state index in [-0.39, 0.29) is 17.8 Å². The van der Waals surface area contributed by atoms with Gasteiger partial charge in [-0.2, -0.15) is 0 Å². The first-order valence-electron chi connectivity index (χ1n) is 7.81. The summed E-state index contributed by atoms with van der Waals surface area (Å²) in [6.45, 7) is 7.13. The third-order valence-electron chi connectivity index (χ3n) is 5.19. The molecular weight excluding hydrogens is 331 g/mol. The van der Waals surface area contributed by atoms with Gasteiger partial charge in [0.05, 0.1) is 0 Å². The van der Waals surface area contributed by atoms with Crippen molar-refractivity contribution in [3.63, 3.8) is 0 Å². The maximum absolute atomic E-state index is 13.2. The molecule has 0 heterocycles. The Labute approximate surface area is 136 Å². The molecule has 0 bridgehead atoms. The van der Waals surface area contributed by atoms with E-state index in [1.165, 1.54) is 25.0 Å². The fourth-order valence-corrected chi connectivity index (χ4v) is 4.05. The minimum Gasteiger partial charge on any atom is -0.396 e. The monoisotopic (exact) mass is 356 g/mol. The minimum absolute atomic E-state index is 0.0396. The molecule has 0 aliphatic heterocycles. The first-order valence-corrected chi connectivity index (χ1v) is 8.60. The molecule has 0 saturated heterocycles. The van der Waals surface area contributed by atoms with Crippen LogP contribution in [0.5, 0.6) is 0 Å². The van der Waals surface area contributed by atoms with E-state index in [2.05, 4.69) is 36.7 Å². The van der Waals surface area contributed by atoms with Gasteiger partial charge in [-0.15, -0.1) is 0 Å². The lowest BCUT2D eigenvalue weighted by atomic mass is 9.62. The van der Waals surface area contributed by atoms with Gasteiger partial charge in [0.15, 0.2) is 0 Å². The number of aliphatic hydroxyl groups excluding tert-OH is 1. The molecule has 0 atom stereocenters. The molecule has 3 heteroatoms. The standard InChI is InChI=1S/C18H26BrFO/c1-17(2,3)14-6-8-18(12-21,9-7-14)11-13-4-5-15(20)10-16(13)19/h4-5,10,14,21H,6-9,11-12H2,1-3H3. The number of hydrogen-bond acceptors (Lipinski definition) is 1. The Morgan fingerprint density at radius 1 is 1.29 bits per heavy atom. The van der Waals surface area contributed by atoms with Crippen LogP contribution >= 0.6 is 15.9 Å². The van der Waals surface area contributed by atoms with Crippen LogP contribution in [0.3, 0.4) is 0 Å². The molecule has 1 fully saturated rings. The van der Waals surface area contributed by atoms with Crippen LogP contribution in [0.25, 0.3) is 0 Å². The lowest BCUT2D eigenvalue weighted by Gasteiger charge is -2.43. The Hall–Kier alpha value is -0.410. The van der Waals surface area contributed by atoms with Gasteiger partial charge in [0.25, 0.3) is 0 Å². The number of aliphatic hydroxyl groups is 1. The Balaban J connectivity index is 2.10. The smallest absolute Gasteiger partial charge is 0.124 e. The van der Waals surface area contributed by atoms with Gasteiger partial charge < -0.3 is 5.11 Å². The normalized spacial score (nSPS) is 26.9. The highest BCUT2D eigenvalue weighted by Crippen LogP contribution is 2.47. The second kappa shape index (κ2) is 6.37. The van der Waals surface area contributed by atoms with Crippen LogP contribution in [0.15, 0.2) is 22.7 Å². The molecule has 0 aromatic heterocycles. The van der Waals surface area contributed by atoms with E-state index in [1.54, 1.807) is 0 Å². The van der Waals surface area contributed by atoms with Crippen molar-refractivity contribution in [1.82, 2.24) is 0 Å². The van der Waals surface area contributed by atoms with Gasteiger partial charge in [0, 0.05) is 11.1 Å². The van der Waals surface area contributed by atoms with Crippen molar-refractivity contribution in [2.45, 2.75) is 52.9 Å². The topological polar surface area (TPSA) is 20.2 Å². The lowest BCUT2D eigenvalue weighted by molar-refractivity contribution is 0.0368. The molecule has 1 aromatic carbocycles. The molecule has 0 radical (unpaired) electrons. The van der Waals surface area contributed by atoms with Gasteiger partial charge >= 0.3 is 0 Å². The summed E-state index contributed by atoms with van der Waals surface area (Å²) >= 11 is 3.45. The summed E-state index contributed by atoms with van der Waals surface area (Å²) in [5, 5.41) is 9.95. The van der Waals surface area contributed by atoms with Gasteiger partial charge in [-0.3, -0.25) is 0 Å². The number of hydrogen-bond donors (Lipinski definition) is 1. The molecule has 2 rings (SSSR count). The van der Waals surface area contributed by atoms with E-state index in [0.29, 0.717) is 5.41 Å². The summed E-state index contributed by atoms with van der Waals surface area (Å²) < 4.78 is 14.0. The highest BCUT2D eigenvalue weighted by atomic mass is 79.9. The quantitative estimate of drug-likeness (QED) is 0.774. The maximum Gasteiger partial charge on any atom is 0.124 e. The Morgan fingerprint density at radius 3 is 2.38 bits per heavy atom. The zero-order valence-electron chi connectivity index (χ0n) is 13.3. The fourth-order valence-electron chi connectivity index (χ4n) is 3.56. The van der Waals surface area contributed by atoms with Gasteiger partial charge in [0.1, 0.15) is 5.82 Å². The summed E-state index contributed by atoms with van der Waals surface area (Å²) in [7, 11) is 0. The van der Waals surface area contributed by atoms with E-state index in [1.807, 2.05) is 6.07 Å². The van der Waals surface area contributed by atoms with Crippen molar-refractivity contribution in [3.8, 4) is 0 Å². The van der Waals surface area contributed by atoms with E-state index in [4.69, 9.17) is 0 Å². The van der Waals surface area contributed by atoms with Gasteiger partial charge in [-0.25, -0.2) is 4.39 Å². The van der Waals surface area contributed by atoms with Crippen LogP contribution in [-0.2, 0) is 6.42 Å². The lowest BCUT2D eigenvalue weighted by Crippen LogP contribution is -2.36. The zero-order chi connectivity index (χ0) is 15.7. The van der Waals surface area contributed by atoms with Crippen molar-refractivity contribution in [3.05, 3.63) is 34.1 Å². The van der Waals surface area contributed by atoms with E-state index in [0.717, 1.165) is 35.2 Å². The fraction of sp³-hybridized carbons (Fsp3) is 0.667. The van der Waals surface area contributed by atoms with Crippen molar-refractivity contribution in [2.75, 3.05) is 6.61 Å². The Morgan fingerprint density at radius 2 is 1.90 bits per heavy atom. The van der Waals surface area contributed by atoms with Crippen molar-refractivity contribution >= 4 is 15.9 Å². The highest BCUT2D eigenvalue weighted by molar-refractivity contribution is 9.10. The first-order chi connectivity index (χ1) is 9.76. The maximum atomic E-state index is 13.2. The molecule has 1 aliphatic carbocycles. The summed E-state index contributed by atoms with van der Waals surface area (Å²) in [5.41, 5.74) is 1.40. The van der Waals surface area contributed by atoms with E-state index >= 15 is 0 Å². The van der Waals surface area contributed by atoms with Gasteiger partial charge in [-0.1, -0.05) is 42.8 Å². The highest BCUT2D eigenvalue weighted by Gasteiger charge is 2.38. The number of benzene rings is 1.